The maximum atomic E-state index is 12.5. The Morgan fingerprint density at radius 1 is 1.28 bits per heavy atom. The number of rotatable bonds is 7. The standard InChI is InChI=1S/C21H28N4O2.2ClH/c1-2-25-14-18(13-23-25)24-21(26)17-5-3-4-16(10-17)19-11-20(19)22-12-15-6-8-27-9-7-15;;/h3-5,10,13-15,19-20,22H,2,6-9,11-12H2,1H3,(H,24,26);2*1H. The van der Waals surface area contributed by atoms with Gasteiger partial charge in [0.25, 0.3) is 5.91 Å². The van der Waals surface area contributed by atoms with Crippen molar-refractivity contribution in [3.63, 3.8) is 0 Å². The van der Waals surface area contributed by atoms with Gasteiger partial charge in [0.2, 0.25) is 0 Å². The number of halogens is 2. The summed E-state index contributed by atoms with van der Waals surface area (Å²) in [5.74, 6) is 1.17. The second-order valence-electron chi connectivity index (χ2n) is 7.58. The molecule has 2 heterocycles. The number of benzene rings is 1. The Morgan fingerprint density at radius 2 is 2.07 bits per heavy atom. The van der Waals surface area contributed by atoms with Crippen LogP contribution in [0.1, 0.15) is 48.0 Å². The van der Waals surface area contributed by atoms with Gasteiger partial charge in [-0.05, 0) is 56.3 Å². The predicted molar refractivity (Wildman–Crippen MR) is 119 cm³/mol. The van der Waals surface area contributed by atoms with Gasteiger partial charge in [-0.15, -0.1) is 24.8 Å². The third-order valence-corrected chi connectivity index (χ3v) is 5.59. The monoisotopic (exact) mass is 440 g/mol. The van der Waals surface area contributed by atoms with E-state index < -0.39 is 0 Å². The van der Waals surface area contributed by atoms with E-state index >= 15 is 0 Å². The van der Waals surface area contributed by atoms with Crippen LogP contribution in [-0.2, 0) is 11.3 Å². The smallest absolute Gasteiger partial charge is 0.255 e. The van der Waals surface area contributed by atoms with Crippen LogP contribution in [0.25, 0.3) is 0 Å². The molecule has 2 aliphatic rings. The molecule has 1 saturated carbocycles. The van der Waals surface area contributed by atoms with Gasteiger partial charge in [0.05, 0.1) is 11.9 Å². The number of amides is 1. The number of aryl methyl sites for hydroxylation is 1. The SMILES string of the molecule is CCn1cc(NC(=O)c2cccc(C3CC3NCC3CCOCC3)c2)cn1.Cl.Cl. The molecule has 1 aromatic heterocycles. The fourth-order valence-electron chi connectivity index (χ4n) is 3.77. The Labute approximate surface area is 184 Å². The van der Waals surface area contributed by atoms with E-state index in [1.54, 1.807) is 10.9 Å². The van der Waals surface area contributed by atoms with Crippen LogP contribution < -0.4 is 10.6 Å². The fourth-order valence-corrected chi connectivity index (χ4v) is 3.77. The van der Waals surface area contributed by atoms with Gasteiger partial charge in [-0.25, -0.2) is 0 Å². The molecule has 1 aliphatic heterocycles. The molecule has 2 aromatic rings. The quantitative estimate of drug-likeness (QED) is 0.685. The zero-order valence-corrected chi connectivity index (χ0v) is 18.3. The number of hydrogen-bond acceptors (Lipinski definition) is 4. The van der Waals surface area contributed by atoms with Crippen molar-refractivity contribution in [3.05, 3.63) is 47.8 Å². The minimum Gasteiger partial charge on any atom is -0.381 e. The lowest BCUT2D eigenvalue weighted by atomic mass is 10.0. The van der Waals surface area contributed by atoms with Crippen molar-refractivity contribution < 1.29 is 9.53 Å². The van der Waals surface area contributed by atoms with Crippen LogP contribution in [0, 0.1) is 5.92 Å². The molecule has 160 valence electrons. The van der Waals surface area contributed by atoms with Gasteiger partial charge in [-0.2, -0.15) is 5.10 Å². The van der Waals surface area contributed by atoms with Gasteiger partial charge in [-0.1, -0.05) is 12.1 Å². The van der Waals surface area contributed by atoms with Crippen molar-refractivity contribution in [2.24, 2.45) is 5.92 Å². The Balaban J connectivity index is 0.00000150. The van der Waals surface area contributed by atoms with Crippen molar-refractivity contribution in [1.29, 1.82) is 0 Å². The molecule has 1 amide bonds. The lowest BCUT2D eigenvalue weighted by Crippen LogP contribution is -2.29. The van der Waals surface area contributed by atoms with Crippen LogP contribution in [0.5, 0.6) is 0 Å². The molecule has 2 atom stereocenters. The van der Waals surface area contributed by atoms with E-state index in [1.807, 2.05) is 31.3 Å². The summed E-state index contributed by atoms with van der Waals surface area (Å²) >= 11 is 0. The molecule has 0 spiro atoms. The molecule has 2 unspecified atom stereocenters. The number of carbonyl (C=O) groups is 1. The van der Waals surface area contributed by atoms with E-state index in [9.17, 15) is 4.79 Å². The molecule has 2 fully saturated rings. The van der Waals surface area contributed by atoms with Crippen molar-refractivity contribution in [2.75, 3.05) is 25.1 Å². The fraction of sp³-hybridized carbons (Fsp3) is 0.524. The number of nitrogens with zero attached hydrogens (tertiary/aromatic N) is 2. The van der Waals surface area contributed by atoms with Crippen LogP contribution in [0.2, 0.25) is 0 Å². The molecule has 4 rings (SSSR count). The highest BCUT2D eigenvalue weighted by Crippen LogP contribution is 2.41. The molecular formula is C21H30Cl2N4O2. The average Bonchev–Trinajstić information content (AvgIpc) is 3.36. The van der Waals surface area contributed by atoms with Crippen molar-refractivity contribution in [3.8, 4) is 0 Å². The largest absolute Gasteiger partial charge is 0.381 e. The lowest BCUT2D eigenvalue weighted by molar-refractivity contribution is 0.0662. The number of nitrogens with one attached hydrogen (secondary N) is 2. The highest BCUT2D eigenvalue weighted by Gasteiger charge is 2.38. The van der Waals surface area contributed by atoms with Crippen LogP contribution in [0.4, 0.5) is 5.69 Å². The van der Waals surface area contributed by atoms with E-state index in [2.05, 4.69) is 21.8 Å². The van der Waals surface area contributed by atoms with Gasteiger partial charge < -0.3 is 15.4 Å². The van der Waals surface area contributed by atoms with Crippen molar-refractivity contribution in [2.45, 2.75) is 44.7 Å². The van der Waals surface area contributed by atoms with Gasteiger partial charge in [0.1, 0.15) is 0 Å². The van der Waals surface area contributed by atoms with Gasteiger partial charge in [-0.3, -0.25) is 9.48 Å². The lowest BCUT2D eigenvalue weighted by Gasteiger charge is -2.22. The van der Waals surface area contributed by atoms with E-state index in [0.717, 1.165) is 57.2 Å². The maximum absolute atomic E-state index is 12.5. The van der Waals surface area contributed by atoms with Crippen LogP contribution >= 0.6 is 24.8 Å². The summed E-state index contributed by atoms with van der Waals surface area (Å²) in [6.07, 6.45) is 7.00. The van der Waals surface area contributed by atoms with Crippen molar-refractivity contribution >= 4 is 36.4 Å². The number of ether oxygens (including phenoxy) is 1. The highest BCUT2D eigenvalue weighted by atomic mass is 35.5. The van der Waals surface area contributed by atoms with E-state index in [0.29, 0.717) is 17.5 Å². The first-order valence-electron chi connectivity index (χ1n) is 9.98. The summed E-state index contributed by atoms with van der Waals surface area (Å²) in [7, 11) is 0. The molecule has 1 aliphatic carbocycles. The molecule has 6 nitrogen and oxygen atoms in total. The van der Waals surface area contributed by atoms with E-state index in [4.69, 9.17) is 4.74 Å². The third kappa shape index (κ3) is 6.19. The minimum atomic E-state index is -0.0835. The van der Waals surface area contributed by atoms with Gasteiger partial charge in [0, 0.05) is 43.5 Å². The Bertz CT molecular complexity index is 792. The van der Waals surface area contributed by atoms with Crippen molar-refractivity contribution in [1.82, 2.24) is 15.1 Å². The van der Waals surface area contributed by atoms with Gasteiger partial charge >= 0.3 is 0 Å². The first-order chi connectivity index (χ1) is 13.2. The molecule has 1 aromatic carbocycles. The predicted octanol–water partition coefficient (Wildman–Crippen LogP) is 3.87. The summed E-state index contributed by atoms with van der Waals surface area (Å²) < 4.78 is 7.22. The molecule has 1 saturated heterocycles. The summed E-state index contributed by atoms with van der Waals surface area (Å²) in [6.45, 7) is 5.68. The Morgan fingerprint density at radius 3 is 2.79 bits per heavy atom. The van der Waals surface area contributed by atoms with Gasteiger partial charge in [0.15, 0.2) is 0 Å². The Hall–Kier alpha value is -1.60. The molecule has 0 bridgehead atoms. The topological polar surface area (TPSA) is 68.2 Å². The number of hydrogen-bond donors (Lipinski definition) is 2. The summed E-state index contributed by atoms with van der Waals surface area (Å²) in [6, 6.07) is 8.55. The molecule has 8 heteroatoms. The maximum Gasteiger partial charge on any atom is 0.255 e. The van der Waals surface area contributed by atoms with E-state index in [-0.39, 0.29) is 30.7 Å². The number of aromatic nitrogens is 2. The first kappa shape index (κ1) is 23.7. The first-order valence-corrected chi connectivity index (χ1v) is 9.98. The number of carbonyl (C=O) groups excluding carboxylic acids is 1. The molecule has 29 heavy (non-hydrogen) atoms. The van der Waals surface area contributed by atoms with E-state index in [1.165, 1.54) is 5.56 Å². The normalized spacial score (nSPS) is 21.0. The molecule has 0 radical (unpaired) electrons. The molecular weight excluding hydrogens is 411 g/mol. The Kier molecular flexibility index (Phi) is 8.96. The number of anilines is 1. The average molecular weight is 441 g/mol. The summed E-state index contributed by atoms with van der Waals surface area (Å²) in [5.41, 5.74) is 2.68. The zero-order valence-electron chi connectivity index (χ0n) is 16.7. The van der Waals surface area contributed by atoms with Crippen LogP contribution in [-0.4, -0.2) is 41.5 Å². The summed E-state index contributed by atoms with van der Waals surface area (Å²) in [5, 5.41) is 10.8. The third-order valence-electron chi connectivity index (χ3n) is 5.59. The molecule has 2 N–H and O–H groups in total. The summed E-state index contributed by atoms with van der Waals surface area (Å²) in [4.78, 5) is 12.5. The minimum absolute atomic E-state index is 0. The second kappa shape index (κ2) is 11.0. The highest BCUT2D eigenvalue weighted by molar-refractivity contribution is 6.04. The zero-order chi connectivity index (χ0) is 18.6. The van der Waals surface area contributed by atoms with Crippen LogP contribution in [0.15, 0.2) is 36.7 Å². The van der Waals surface area contributed by atoms with Crippen LogP contribution in [0.3, 0.4) is 0 Å². The second-order valence-corrected chi connectivity index (χ2v) is 7.58.